The molecule has 0 bridgehead atoms. The average molecular weight is 401 g/mol. The van der Waals surface area contributed by atoms with Gasteiger partial charge >= 0.3 is 0 Å². The number of benzene rings is 2. The first kappa shape index (κ1) is 18.1. The van der Waals surface area contributed by atoms with Gasteiger partial charge in [-0.3, -0.25) is 20.2 Å². The zero-order valence-electron chi connectivity index (χ0n) is 15.2. The number of hydrogen-bond acceptors (Lipinski definition) is 8. The number of rotatable bonds is 3. The van der Waals surface area contributed by atoms with Crippen molar-refractivity contribution in [1.82, 2.24) is 0 Å². The van der Waals surface area contributed by atoms with Crippen LogP contribution in [0.25, 0.3) is 6.08 Å². The van der Waals surface area contributed by atoms with Crippen LogP contribution in [0.15, 0.2) is 40.8 Å². The van der Waals surface area contributed by atoms with Gasteiger partial charge in [-0.15, -0.1) is 0 Å². The summed E-state index contributed by atoms with van der Waals surface area (Å²) < 4.78 is 11.7. The first-order chi connectivity index (χ1) is 13.3. The van der Waals surface area contributed by atoms with Crippen molar-refractivity contribution in [2.75, 3.05) is 19.1 Å². The molecule has 10 heteroatoms. The second-order valence-corrected chi connectivity index (χ2v) is 7.60. The van der Waals surface area contributed by atoms with Crippen LogP contribution in [0.4, 0.5) is 17.1 Å². The summed E-state index contributed by atoms with van der Waals surface area (Å²) >= 11 is 1.34. The number of anilines is 1. The lowest BCUT2D eigenvalue weighted by Gasteiger charge is -2.40. The molecular formula is C18H15N3O6S. The molecule has 0 radical (unpaired) electrons. The fourth-order valence-corrected chi connectivity index (χ4v) is 4.78. The number of methoxy groups -OCH3 is 1. The molecule has 2 aromatic carbocycles. The molecule has 9 nitrogen and oxygen atoms in total. The van der Waals surface area contributed by atoms with Crippen molar-refractivity contribution in [2.24, 2.45) is 0 Å². The first-order valence-electron chi connectivity index (χ1n) is 8.22. The van der Waals surface area contributed by atoms with Gasteiger partial charge in [0.05, 0.1) is 28.7 Å². The third-order valence-corrected chi connectivity index (χ3v) is 6.32. The van der Waals surface area contributed by atoms with Gasteiger partial charge in [0.25, 0.3) is 16.4 Å². The maximum atomic E-state index is 11.2. The molecule has 0 amide bonds. The number of nitro benzene ring substituents is 2. The van der Waals surface area contributed by atoms with Gasteiger partial charge < -0.3 is 14.4 Å². The van der Waals surface area contributed by atoms with Crippen molar-refractivity contribution in [3.63, 3.8) is 0 Å². The van der Waals surface area contributed by atoms with Crippen molar-refractivity contribution in [3.05, 3.63) is 61.7 Å². The fraction of sp³-hybridized carbons (Fsp3) is 0.222. The summed E-state index contributed by atoms with van der Waals surface area (Å²) in [5.41, 5.74) is 2.06. The molecule has 2 aromatic rings. The third-order valence-electron chi connectivity index (χ3n) is 4.82. The van der Waals surface area contributed by atoms with E-state index >= 15 is 0 Å². The van der Waals surface area contributed by atoms with E-state index in [9.17, 15) is 20.2 Å². The van der Waals surface area contributed by atoms with Crippen molar-refractivity contribution in [3.8, 4) is 11.5 Å². The molecule has 144 valence electrons. The van der Waals surface area contributed by atoms with Gasteiger partial charge in [0, 0.05) is 41.3 Å². The van der Waals surface area contributed by atoms with E-state index in [1.807, 2.05) is 24.9 Å². The molecule has 0 fully saturated rings. The molecule has 2 aliphatic rings. The highest BCUT2D eigenvalue weighted by Gasteiger charge is 2.50. The van der Waals surface area contributed by atoms with E-state index in [-0.39, 0.29) is 17.1 Å². The Balaban J connectivity index is 1.83. The molecule has 0 N–H and O–H groups in total. The lowest BCUT2D eigenvalue weighted by atomic mass is 10.0. The second kappa shape index (κ2) is 6.13. The summed E-state index contributed by atoms with van der Waals surface area (Å²) in [5, 5.41) is 21.3. The van der Waals surface area contributed by atoms with Gasteiger partial charge in [-0.2, -0.15) is 0 Å². The van der Waals surface area contributed by atoms with E-state index in [1.54, 1.807) is 6.07 Å². The van der Waals surface area contributed by atoms with Crippen LogP contribution < -0.4 is 14.4 Å². The normalized spacial score (nSPS) is 19.5. The lowest BCUT2D eigenvalue weighted by molar-refractivity contribution is -0.385. The number of nitro groups is 2. The quantitative estimate of drug-likeness (QED) is 0.556. The molecule has 0 saturated heterocycles. The predicted octanol–water partition coefficient (Wildman–Crippen LogP) is 4.20. The Hall–Kier alpha value is -3.27. The average Bonchev–Trinajstić information content (AvgIpc) is 2.94. The van der Waals surface area contributed by atoms with Crippen molar-refractivity contribution in [1.29, 1.82) is 0 Å². The Bertz CT molecular complexity index is 1070. The molecular weight excluding hydrogens is 386 g/mol. The minimum Gasteiger partial charge on any atom is -0.493 e. The predicted molar refractivity (Wildman–Crippen MR) is 104 cm³/mol. The molecule has 2 heterocycles. The zero-order valence-corrected chi connectivity index (χ0v) is 16.0. The van der Waals surface area contributed by atoms with Gasteiger partial charge in [-0.1, -0.05) is 0 Å². The highest BCUT2D eigenvalue weighted by atomic mass is 32.2. The van der Waals surface area contributed by atoms with Crippen LogP contribution in [-0.4, -0.2) is 29.1 Å². The fourth-order valence-electron chi connectivity index (χ4n) is 3.41. The van der Waals surface area contributed by atoms with E-state index in [0.717, 1.165) is 11.3 Å². The van der Waals surface area contributed by atoms with E-state index in [2.05, 4.69) is 0 Å². The van der Waals surface area contributed by atoms with Crippen molar-refractivity contribution >= 4 is 34.9 Å². The molecule has 0 saturated carbocycles. The zero-order chi connectivity index (χ0) is 20.2. The Morgan fingerprint density at radius 2 is 1.86 bits per heavy atom. The van der Waals surface area contributed by atoms with Crippen molar-refractivity contribution in [2.45, 2.75) is 16.9 Å². The monoisotopic (exact) mass is 401 g/mol. The summed E-state index contributed by atoms with van der Waals surface area (Å²) in [6.45, 7) is 1.86. The highest BCUT2D eigenvalue weighted by Crippen LogP contribution is 2.57. The Morgan fingerprint density at radius 3 is 2.50 bits per heavy atom. The number of hydrogen-bond donors (Lipinski definition) is 0. The summed E-state index contributed by atoms with van der Waals surface area (Å²) in [4.78, 5) is 24.0. The topological polar surface area (TPSA) is 108 Å². The summed E-state index contributed by atoms with van der Waals surface area (Å²) in [5.74, 6) is 0.642. The Labute approximate surface area is 163 Å². The summed E-state index contributed by atoms with van der Waals surface area (Å²) in [6.07, 6.45) is 1.82. The minimum atomic E-state index is -0.964. The van der Waals surface area contributed by atoms with E-state index in [1.165, 1.54) is 43.1 Å². The molecule has 1 unspecified atom stereocenters. The van der Waals surface area contributed by atoms with Gasteiger partial charge in [-0.25, -0.2) is 0 Å². The van der Waals surface area contributed by atoms with Crippen molar-refractivity contribution < 1.29 is 19.3 Å². The molecule has 0 aromatic heterocycles. The van der Waals surface area contributed by atoms with Gasteiger partial charge in [0.2, 0.25) is 0 Å². The SMILES string of the molecule is COc1cc([N+](=O)[O-])cc2c1OC1(Sc3cc([N+](=O)[O-])ccc3N1C)C(C)=C2. The molecule has 1 spiro atoms. The maximum Gasteiger partial charge on any atom is 0.274 e. The Morgan fingerprint density at radius 1 is 1.14 bits per heavy atom. The maximum absolute atomic E-state index is 11.2. The molecule has 28 heavy (non-hydrogen) atoms. The molecule has 0 aliphatic carbocycles. The number of nitrogens with zero attached hydrogens (tertiary/aromatic N) is 3. The highest BCUT2D eigenvalue weighted by molar-refractivity contribution is 8.01. The van der Waals surface area contributed by atoms with E-state index in [0.29, 0.717) is 16.2 Å². The lowest BCUT2D eigenvalue weighted by Crippen LogP contribution is -2.48. The van der Waals surface area contributed by atoms with Crippen LogP contribution in [0.3, 0.4) is 0 Å². The number of likely N-dealkylation sites (N-methyl/N-ethyl adjacent to an activating group) is 1. The third kappa shape index (κ3) is 2.48. The van der Waals surface area contributed by atoms with Crippen LogP contribution >= 0.6 is 11.8 Å². The van der Waals surface area contributed by atoms with Gasteiger partial charge in [0.15, 0.2) is 11.5 Å². The van der Waals surface area contributed by atoms with E-state index in [4.69, 9.17) is 9.47 Å². The number of fused-ring (bicyclic) bond motifs is 2. The summed E-state index contributed by atoms with van der Waals surface area (Å²) in [7, 11) is 3.26. The first-order valence-corrected chi connectivity index (χ1v) is 9.04. The Kier molecular flexibility index (Phi) is 3.96. The van der Waals surface area contributed by atoms with Crippen LogP contribution in [0.5, 0.6) is 11.5 Å². The van der Waals surface area contributed by atoms with Crippen LogP contribution in [0, 0.1) is 20.2 Å². The number of ether oxygens (including phenoxy) is 2. The molecule has 1 atom stereocenters. The van der Waals surface area contributed by atoms with Gasteiger partial charge in [-0.05, 0) is 30.8 Å². The smallest absolute Gasteiger partial charge is 0.274 e. The van der Waals surface area contributed by atoms with Gasteiger partial charge in [0.1, 0.15) is 0 Å². The van der Waals surface area contributed by atoms with E-state index < -0.39 is 14.9 Å². The largest absolute Gasteiger partial charge is 0.493 e. The number of non-ortho nitro benzene ring substituents is 2. The van der Waals surface area contributed by atoms with Crippen LogP contribution in [-0.2, 0) is 0 Å². The molecule has 4 rings (SSSR count). The summed E-state index contributed by atoms with van der Waals surface area (Å²) in [6, 6.07) is 7.41. The second-order valence-electron chi connectivity index (χ2n) is 6.40. The number of thioether (sulfide) groups is 1. The van der Waals surface area contributed by atoms with Crippen LogP contribution in [0.1, 0.15) is 12.5 Å². The standard InChI is InChI=1S/C18H15N3O6S/c1-10-6-11-7-13(21(24)25)8-15(26-3)17(11)27-18(10)19(2)14-5-4-12(20(22)23)9-16(14)28-18/h4-9H,1-3H3. The van der Waals surface area contributed by atoms with Crippen LogP contribution in [0.2, 0.25) is 0 Å². The minimum absolute atomic E-state index is 0.00254. The molecule has 2 aliphatic heterocycles.